The number of amides is 2. The molecular formula is C30H32N2O6. The highest BCUT2D eigenvalue weighted by Crippen LogP contribution is 2.44. The van der Waals surface area contributed by atoms with E-state index < -0.39 is 29.8 Å². The summed E-state index contributed by atoms with van der Waals surface area (Å²) < 4.78 is 10.8. The number of hydrogen-bond acceptors (Lipinski definition) is 5. The number of aliphatic carboxylic acids is 1. The normalized spacial score (nSPS) is 13.1. The molecule has 4 rings (SSSR count). The van der Waals surface area contributed by atoms with Crippen molar-refractivity contribution in [2.75, 3.05) is 6.61 Å². The van der Waals surface area contributed by atoms with Gasteiger partial charge in [0, 0.05) is 18.9 Å². The lowest BCUT2D eigenvalue weighted by molar-refractivity contribution is -0.139. The summed E-state index contributed by atoms with van der Waals surface area (Å²) in [5.74, 6) is -1.32. The van der Waals surface area contributed by atoms with Crippen LogP contribution >= 0.6 is 0 Å². The van der Waals surface area contributed by atoms with Gasteiger partial charge in [-0.15, -0.1) is 0 Å². The van der Waals surface area contributed by atoms with Gasteiger partial charge >= 0.3 is 18.2 Å². The van der Waals surface area contributed by atoms with Gasteiger partial charge in [0.2, 0.25) is 0 Å². The Balaban J connectivity index is 1.39. The van der Waals surface area contributed by atoms with Crippen molar-refractivity contribution in [3.8, 4) is 11.1 Å². The minimum absolute atomic E-state index is 0.0195. The van der Waals surface area contributed by atoms with Gasteiger partial charge in [0.15, 0.2) is 0 Å². The molecule has 38 heavy (non-hydrogen) atoms. The Morgan fingerprint density at radius 2 is 1.39 bits per heavy atom. The third-order valence-electron chi connectivity index (χ3n) is 6.30. The van der Waals surface area contributed by atoms with Crippen LogP contribution in [0, 0.1) is 0 Å². The molecule has 0 saturated carbocycles. The molecule has 1 aliphatic rings. The quantitative estimate of drug-likeness (QED) is 0.377. The van der Waals surface area contributed by atoms with Crippen LogP contribution in [-0.4, -0.2) is 41.5 Å². The standard InChI is InChI=1S/C30H32N2O6/c1-30(2,3)38-28(35)31-17-20-11-5-4-10-19(20)16-26(27(33)34)32-29(36)37-18-25-23-14-8-6-12-21(23)22-13-7-9-15-24(22)25/h4-15,25-26H,16-18H2,1-3H3,(H,31,35)(H,32,36)(H,33,34)/t26-/m0/s1. The van der Waals surface area contributed by atoms with Crippen LogP contribution in [0.5, 0.6) is 0 Å². The monoisotopic (exact) mass is 516 g/mol. The first-order valence-corrected chi connectivity index (χ1v) is 12.5. The summed E-state index contributed by atoms with van der Waals surface area (Å²) in [6.07, 6.45) is -1.35. The zero-order chi connectivity index (χ0) is 27.3. The van der Waals surface area contributed by atoms with E-state index in [1.165, 1.54) is 0 Å². The molecule has 8 nitrogen and oxygen atoms in total. The van der Waals surface area contributed by atoms with Crippen molar-refractivity contribution in [1.29, 1.82) is 0 Å². The van der Waals surface area contributed by atoms with Crippen LogP contribution in [0.3, 0.4) is 0 Å². The second-order valence-corrected chi connectivity index (χ2v) is 10.2. The summed E-state index contributed by atoms with van der Waals surface area (Å²) >= 11 is 0. The molecule has 0 aromatic heterocycles. The van der Waals surface area contributed by atoms with Crippen molar-refractivity contribution in [2.24, 2.45) is 0 Å². The molecule has 3 aromatic carbocycles. The maximum Gasteiger partial charge on any atom is 0.407 e. The van der Waals surface area contributed by atoms with Crippen LogP contribution in [0.1, 0.15) is 48.9 Å². The molecule has 0 heterocycles. The van der Waals surface area contributed by atoms with Crippen LogP contribution in [0.4, 0.5) is 9.59 Å². The van der Waals surface area contributed by atoms with E-state index in [1.54, 1.807) is 45.0 Å². The lowest BCUT2D eigenvalue weighted by Gasteiger charge is -2.21. The Morgan fingerprint density at radius 1 is 0.842 bits per heavy atom. The summed E-state index contributed by atoms with van der Waals surface area (Å²) in [5.41, 5.74) is 5.12. The summed E-state index contributed by atoms with van der Waals surface area (Å²) in [6.45, 7) is 5.55. The number of rotatable bonds is 8. The van der Waals surface area contributed by atoms with Crippen molar-refractivity contribution in [3.05, 3.63) is 95.1 Å². The second-order valence-electron chi connectivity index (χ2n) is 10.2. The fourth-order valence-corrected chi connectivity index (χ4v) is 4.61. The third kappa shape index (κ3) is 6.51. The smallest absolute Gasteiger partial charge is 0.407 e. The molecule has 0 unspecified atom stereocenters. The molecule has 0 saturated heterocycles. The highest BCUT2D eigenvalue weighted by atomic mass is 16.6. The van der Waals surface area contributed by atoms with E-state index in [9.17, 15) is 19.5 Å². The highest BCUT2D eigenvalue weighted by molar-refractivity contribution is 5.81. The van der Waals surface area contributed by atoms with Gasteiger partial charge < -0.3 is 25.2 Å². The average molecular weight is 517 g/mol. The van der Waals surface area contributed by atoms with Crippen molar-refractivity contribution >= 4 is 18.2 Å². The van der Waals surface area contributed by atoms with Crippen molar-refractivity contribution in [1.82, 2.24) is 10.6 Å². The number of fused-ring (bicyclic) bond motifs is 3. The molecular weight excluding hydrogens is 484 g/mol. The van der Waals surface area contributed by atoms with Gasteiger partial charge in [-0.05, 0) is 54.2 Å². The first-order chi connectivity index (χ1) is 18.1. The fraction of sp³-hybridized carbons (Fsp3) is 0.300. The van der Waals surface area contributed by atoms with Gasteiger partial charge in [0.25, 0.3) is 0 Å². The topological polar surface area (TPSA) is 114 Å². The number of carboxylic acids is 1. The van der Waals surface area contributed by atoms with Crippen LogP contribution in [0.25, 0.3) is 11.1 Å². The Kier molecular flexibility index (Phi) is 8.00. The molecule has 0 radical (unpaired) electrons. The van der Waals surface area contributed by atoms with Crippen LogP contribution in [-0.2, 0) is 27.2 Å². The van der Waals surface area contributed by atoms with Crippen LogP contribution in [0.15, 0.2) is 72.8 Å². The van der Waals surface area contributed by atoms with Crippen LogP contribution in [0.2, 0.25) is 0 Å². The summed E-state index contributed by atoms with van der Waals surface area (Å²) in [5, 5.41) is 15.0. The molecule has 1 aliphatic carbocycles. The fourth-order valence-electron chi connectivity index (χ4n) is 4.61. The molecule has 0 bridgehead atoms. The van der Waals surface area contributed by atoms with Gasteiger partial charge in [-0.1, -0.05) is 72.8 Å². The first kappa shape index (κ1) is 26.7. The predicted molar refractivity (Wildman–Crippen MR) is 143 cm³/mol. The van der Waals surface area contributed by atoms with E-state index in [1.807, 2.05) is 48.5 Å². The SMILES string of the molecule is CC(C)(C)OC(=O)NCc1ccccc1C[C@H](NC(=O)OCC1c2ccccc2-c2ccccc21)C(=O)O. The number of alkyl carbamates (subject to hydrolysis) is 2. The number of carbonyl (C=O) groups is 3. The minimum Gasteiger partial charge on any atom is -0.480 e. The third-order valence-corrected chi connectivity index (χ3v) is 6.30. The number of benzene rings is 3. The van der Waals surface area contributed by atoms with E-state index in [0.717, 1.165) is 27.8 Å². The Morgan fingerprint density at radius 3 is 1.97 bits per heavy atom. The number of carbonyl (C=O) groups excluding carboxylic acids is 2. The summed E-state index contributed by atoms with van der Waals surface area (Å²) in [4.78, 5) is 36.7. The van der Waals surface area contributed by atoms with Crippen molar-refractivity contribution in [3.63, 3.8) is 0 Å². The zero-order valence-electron chi connectivity index (χ0n) is 21.7. The summed E-state index contributed by atoms with van der Waals surface area (Å²) in [7, 11) is 0. The number of hydrogen-bond donors (Lipinski definition) is 3. The molecule has 1 atom stereocenters. The Bertz CT molecular complexity index is 1280. The molecule has 3 N–H and O–H groups in total. The first-order valence-electron chi connectivity index (χ1n) is 12.5. The van der Waals surface area contributed by atoms with Crippen LogP contribution < -0.4 is 10.6 Å². The van der Waals surface area contributed by atoms with E-state index in [4.69, 9.17) is 9.47 Å². The number of nitrogens with one attached hydrogen (secondary N) is 2. The second kappa shape index (κ2) is 11.4. The van der Waals surface area contributed by atoms with Gasteiger partial charge in [-0.3, -0.25) is 0 Å². The molecule has 198 valence electrons. The summed E-state index contributed by atoms with van der Waals surface area (Å²) in [6, 6.07) is 21.9. The number of ether oxygens (including phenoxy) is 2. The molecule has 3 aromatic rings. The molecule has 0 aliphatic heterocycles. The lowest BCUT2D eigenvalue weighted by Crippen LogP contribution is -2.43. The molecule has 8 heteroatoms. The average Bonchev–Trinajstić information content (AvgIpc) is 3.19. The predicted octanol–water partition coefficient (Wildman–Crippen LogP) is 5.25. The van der Waals surface area contributed by atoms with Crippen molar-refractivity contribution in [2.45, 2.75) is 51.3 Å². The van der Waals surface area contributed by atoms with E-state index >= 15 is 0 Å². The lowest BCUT2D eigenvalue weighted by atomic mass is 9.98. The van der Waals surface area contributed by atoms with E-state index in [-0.39, 0.29) is 25.5 Å². The molecule has 0 spiro atoms. The van der Waals surface area contributed by atoms with Gasteiger partial charge in [-0.2, -0.15) is 0 Å². The van der Waals surface area contributed by atoms with E-state index in [2.05, 4.69) is 10.6 Å². The maximum absolute atomic E-state index is 12.7. The molecule has 2 amide bonds. The van der Waals surface area contributed by atoms with Gasteiger partial charge in [0.1, 0.15) is 18.2 Å². The Labute approximate surface area is 222 Å². The zero-order valence-corrected chi connectivity index (χ0v) is 21.7. The maximum atomic E-state index is 12.7. The van der Waals surface area contributed by atoms with Gasteiger partial charge in [0.05, 0.1) is 0 Å². The minimum atomic E-state index is -1.21. The highest BCUT2D eigenvalue weighted by Gasteiger charge is 2.30. The van der Waals surface area contributed by atoms with Crippen molar-refractivity contribution < 1.29 is 29.0 Å². The Hall–Kier alpha value is -4.33. The number of carboxylic acid groups (broad SMARTS) is 1. The van der Waals surface area contributed by atoms with Gasteiger partial charge in [-0.25, -0.2) is 14.4 Å². The molecule has 0 fully saturated rings. The largest absolute Gasteiger partial charge is 0.480 e. The van der Waals surface area contributed by atoms with E-state index in [0.29, 0.717) is 5.56 Å².